The lowest BCUT2D eigenvalue weighted by molar-refractivity contribution is -0.146. The van der Waals surface area contributed by atoms with Crippen LogP contribution in [0, 0.1) is 6.92 Å². The first kappa shape index (κ1) is 21.5. The Kier molecular flexibility index (Phi) is 6.20. The van der Waals surface area contributed by atoms with Crippen molar-refractivity contribution in [3.05, 3.63) is 65.5 Å². The first-order valence-electron chi connectivity index (χ1n) is 8.65. The molecule has 0 radical (unpaired) electrons. The van der Waals surface area contributed by atoms with Crippen LogP contribution >= 0.6 is 11.8 Å². The minimum Gasteiger partial charge on any atom is -0.495 e. The van der Waals surface area contributed by atoms with Crippen molar-refractivity contribution in [2.75, 3.05) is 18.3 Å². The number of hydrogen-bond acceptors (Lipinski definition) is 6. The highest BCUT2D eigenvalue weighted by Crippen LogP contribution is 2.37. The van der Waals surface area contributed by atoms with Crippen molar-refractivity contribution in [1.82, 2.24) is 14.9 Å². The van der Waals surface area contributed by atoms with Gasteiger partial charge < -0.3 is 15.9 Å². The Morgan fingerprint density at radius 1 is 1.20 bits per heavy atom. The summed E-state index contributed by atoms with van der Waals surface area (Å²) in [4.78, 5) is 13.1. The summed E-state index contributed by atoms with van der Waals surface area (Å²) in [5, 5.41) is 8.20. The third-order valence-electron chi connectivity index (χ3n) is 4.09. The van der Waals surface area contributed by atoms with E-state index in [1.165, 1.54) is 7.11 Å². The lowest BCUT2D eigenvalue weighted by Crippen LogP contribution is -2.23. The van der Waals surface area contributed by atoms with Gasteiger partial charge >= 0.3 is 6.18 Å². The molecule has 3 aromatic rings. The molecule has 0 spiro atoms. The number of rotatable bonds is 6. The number of nitrogens with two attached hydrogens (primary N) is 1. The molecule has 1 heterocycles. The average Bonchev–Trinajstić information content (AvgIpc) is 3.07. The van der Waals surface area contributed by atoms with Crippen LogP contribution < -0.4 is 15.9 Å². The second-order valence-corrected chi connectivity index (χ2v) is 7.35. The van der Waals surface area contributed by atoms with Crippen molar-refractivity contribution in [2.45, 2.75) is 23.5 Å². The number of nitrogens with one attached hydrogen (secondary N) is 1. The van der Waals surface area contributed by atoms with Gasteiger partial charge in [0.05, 0.1) is 12.8 Å². The number of nitrogen functional groups attached to an aromatic ring is 1. The number of thioether (sulfide) groups is 1. The Labute approximate surface area is 174 Å². The number of hydrogen-bond donors (Lipinski definition) is 2. The lowest BCUT2D eigenvalue weighted by atomic mass is 10.1. The van der Waals surface area contributed by atoms with Crippen LogP contribution in [0.5, 0.6) is 5.75 Å². The van der Waals surface area contributed by atoms with Crippen molar-refractivity contribution < 1.29 is 22.7 Å². The molecule has 0 aliphatic rings. The molecule has 7 nitrogen and oxygen atoms in total. The van der Waals surface area contributed by atoms with Crippen LogP contribution in [-0.2, 0) is 11.0 Å². The second-order valence-electron chi connectivity index (χ2n) is 6.28. The Bertz CT molecular complexity index is 1040. The van der Waals surface area contributed by atoms with Crippen LogP contribution in [0.4, 0.5) is 18.9 Å². The third-order valence-corrected chi connectivity index (χ3v) is 5.31. The fourth-order valence-corrected chi connectivity index (χ4v) is 3.63. The zero-order chi connectivity index (χ0) is 21.9. The standard InChI is InChI=1S/C19H18F3N5O2S/c1-11-8-9-14(29-2)13(10-11)24-16(28)15(12-6-4-3-5-7-12)30-18-26-25-17(27(18)23)19(20,21)22/h3-10,15H,23H2,1-2H3,(H,24,28). The fourth-order valence-electron chi connectivity index (χ4n) is 2.67. The van der Waals surface area contributed by atoms with Gasteiger partial charge in [-0.05, 0) is 30.2 Å². The molecule has 11 heteroatoms. The van der Waals surface area contributed by atoms with Gasteiger partial charge in [-0.3, -0.25) is 4.79 Å². The molecule has 1 aromatic heterocycles. The summed E-state index contributed by atoms with van der Waals surface area (Å²) in [5.41, 5.74) is 1.89. The third kappa shape index (κ3) is 4.67. The second kappa shape index (κ2) is 8.66. The summed E-state index contributed by atoms with van der Waals surface area (Å²) in [6, 6.07) is 13.8. The van der Waals surface area contributed by atoms with E-state index in [-0.39, 0.29) is 5.16 Å². The predicted molar refractivity (Wildman–Crippen MR) is 107 cm³/mol. The van der Waals surface area contributed by atoms with Crippen LogP contribution in [0.15, 0.2) is 53.7 Å². The molecule has 1 atom stereocenters. The molecule has 3 rings (SSSR count). The summed E-state index contributed by atoms with van der Waals surface area (Å²) in [6.45, 7) is 1.86. The van der Waals surface area contributed by atoms with Crippen LogP contribution in [0.1, 0.15) is 22.2 Å². The Hall–Kier alpha value is -3.21. The van der Waals surface area contributed by atoms with E-state index in [1.807, 2.05) is 13.0 Å². The maximum atomic E-state index is 13.1. The number of benzene rings is 2. The van der Waals surface area contributed by atoms with Gasteiger partial charge in [0, 0.05) is 0 Å². The number of aryl methyl sites for hydroxylation is 1. The highest BCUT2D eigenvalue weighted by molar-refractivity contribution is 8.00. The van der Waals surface area contributed by atoms with Gasteiger partial charge in [0.2, 0.25) is 11.1 Å². The zero-order valence-corrected chi connectivity index (χ0v) is 16.8. The number of amides is 1. The highest BCUT2D eigenvalue weighted by atomic mass is 32.2. The number of alkyl halides is 3. The van der Waals surface area contributed by atoms with Crippen LogP contribution in [0.2, 0.25) is 0 Å². The van der Waals surface area contributed by atoms with Gasteiger partial charge in [0.15, 0.2) is 0 Å². The van der Waals surface area contributed by atoms with Crippen molar-refractivity contribution in [1.29, 1.82) is 0 Å². The van der Waals surface area contributed by atoms with E-state index in [2.05, 4.69) is 15.5 Å². The average molecular weight is 437 g/mol. The summed E-state index contributed by atoms with van der Waals surface area (Å²) in [7, 11) is 1.47. The molecular weight excluding hydrogens is 419 g/mol. The van der Waals surface area contributed by atoms with Gasteiger partial charge in [-0.15, -0.1) is 10.2 Å². The summed E-state index contributed by atoms with van der Waals surface area (Å²) >= 11 is 0.762. The topological polar surface area (TPSA) is 95.1 Å². The molecular formula is C19H18F3N5O2S. The molecule has 0 saturated carbocycles. The summed E-state index contributed by atoms with van der Waals surface area (Å²) in [6.07, 6.45) is -4.76. The Morgan fingerprint density at radius 2 is 1.90 bits per heavy atom. The Morgan fingerprint density at radius 3 is 2.50 bits per heavy atom. The number of ether oxygens (including phenoxy) is 1. The van der Waals surface area contributed by atoms with E-state index >= 15 is 0 Å². The van der Waals surface area contributed by atoms with E-state index in [0.717, 1.165) is 17.3 Å². The molecule has 1 unspecified atom stereocenters. The van der Waals surface area contributed by atoms with Crippen LogP contribution in [-0.4, -0.2) is 27.9 Å². The maximum Gasteiger partial charge on any atom is 0.453 e. The SMILES string of the molecule is COc1ccc(C)cc1NC(=O)C(Sc1nnc(C(F)(F)F)n1N)c1ccccc1. The minimum atomic E-state index is -4.76. The van der Waals surface area contributed by atoms with E-state index < -0.39 is 23.2 Å². The molecule has 1 amide bonds. The molecule has 0 aliphatic carbocycles. The number of anilines is 1. The van der Waals surface area contributed by atoms with Gasteiger partial charge in [0.25, 0.3) is 5.82 Å². The molecule has 30 heavy (non-hydrogen) atoms. The monoisotopic (exact) mass is 437 g/mol. The van der Waals surface area contributed by atoms with Gasteiger partial charge in [-0.2, -0.15) is 13.2 Å². The number of nitrogens with zero attached hydrogens (tertiary/aromatic N) is 3. The molecule has 0 fully saturated rings. The van der Waals surface area contributed by atoms with E-state index in [9.17, 15) is 18.0 Å². The van der Waals surface area contributed by atoms with E-state index in [4.69, 9.17) is 10.6 Å². The minimum absolute atomic E-state index is 0.248. The van der Waals surface area contributed by atoms with Crippen molar-refractivity contribution in [3.8, 4) is 5.75 Å². The smallest absolute Gasteiger partial charge is 0.453 e. The van der Waals surface area contributed by atoms with Gasteiger partial charge in [-0.25, -0.2) is 4.68 Å². The van der Waals surface area contributed by atoms with Crippen molar-refractivity contribution in [3.63, 3.8) is 0 Å². The highest BCUT2D eigenvalue weighted by Gasteiger charge is 2.39. The van der Waals surface area contributed by atoms with Crippen molar-refractivity contribution in [2.24, 2.45) is 0 Å². The zero-order valence-electron chi connectivity index (χ0n) is 16.0. The normalized spacial score (nSPS) is 12.4. The predicted octanol–water partition coefficient (Wildman–Crippen LogP) is 3.80. The maximum absolute atomic E-state index is 13.1. The van der Waals surface area contributed by atoms with Crippen molar-refractivity contribution >= 4 is 23.4 Å². The van der Waals surface area contributed by atoms with Gasteiger partial charge in [0.1, 0.15) is 11.0 Å². The molecule has 0 aliphatic heterocycles. The van der Waals surface area contributed by atoms with Gasteiger partial charge in [-0.1, -0.05) is 48.2 Å². The first-order valence-corrected chi connectivity index (χ1v) is 9.53. The van der Waals surface area contributed by atoms with Crippen LogP contribution in [0.3, 0.4) is 0 Å². The molecule has 158 valence electrons. The molecule has 0 bridgehead atoms. The fraction of sp³-hybridized carbons (Fsp3) is 0.211. The van der Waals surface area contributed by atoms with E-state index in [0.29, 0.717) is 21.7 Å². The summed E-state index contributed by atoms with van der Waals surface area (Å²) < 4.78 is 44.6. The number of methoxy groups -OCH3 is 1. The Balaban J connectivity index is 1.94. The number of aromatic nitrogens is 3. The number of carbonyl (C=O) groups is 1. The quantitative estimate of drug-likeness (QED) is 0.450. The molecule has 3 N–H and O–H groups in total. The lowest BCUT2D eigenvalue weighted by Gasteiger charge is -2.18. The number of halogens is 3. The van der Waals surface area contributed by atoms with Crippen LogP contribution in [0.25, 0.3) is 0 Å². The van der Waals surface area contributed by atoms with E-state index in [1.54, 1.807) is 42.5 Å². The molecule has 2 aromatic carbocycles. The largest absolute Gasteiger partial charge is 0.495 e. The first-order chi connectivity index (χ1) is 14.2. The molecule has 0 saturated heterocycles. The summed E-state index contributed by atoms with van der Waals surface area (Å²) in [5.74, 6) is 4.15. The number of carbonyl (C=O) groups excluding carboxylic acids is 1.